The fourth-order valence-corrected chi connectivity index (χ4v) is 3.04. The van der Waals surface area contributed by atoms with Gasteiger partial charge in [-0.05, 0) is 25.0 Å². The van der Waals surface area contributed by atoms with Gasteiger partial charge in [0.1, 0.15) is 0 Å². The lowest BCUT2D eigenvalue weighted by atomic mass is 9.94. The number of hydrogen-bond acceptors (Lipinski definition) is 3. The van der Waals surface area contributed by atoms with Crippen LogP contribution in [0.25, 0.3) is 11.0 Å². The first-order valence-electron chi connectivity index (χ1n) is 8.33. The van der Waals surface area contributed by atoms with Crippen molar-refractivity contribution < 1.29 is 4.79 Å². The summed E-state index contributed by atoms with van der Waals surface area (Å²) in [6, 6.07) is 8.49. The molecule has 0 radical (unpaired) electrons. The Hall–Kier alpha value is -2.04. The second-order valence-electron chi connectivity index (χ2n) is 7.44. The predicted octanol–water partition coefficient (Wildman–Crippen LogP) is 2.70. The summed E-state index contributed by atoms with van der Waals surface area (Å²) in [4.78, 5) is 19.2. The lowest BCUT2D eigenvalue weighted by Crippen LogP contribution is -2.48. The molecule has 1 aliphatic heterocycles. The van der Waals surface area contributed by atoms with Crippen LogP contribution in [0.4, 0.5) is 5.95 Å². The molecule has 124 valence electrons. The quantitative estimate of drug-likeness (QED) is 0.927. The topological polar surface area (TPSA) is 50.2 Å². The molecule has 5 nitrogen and oxygen atoms in total. The van der Waals surface area contributed by atoms with Crippen LogP contribution in [0.15, 0.2) is 24.3 Å². The molecule has 1 aliphatic rings. The van der Waals surface area contributed by atoms with E-state index in [1.54, 1.807) is 0 Å². The van der Waals surface area contributed by atoms with Crippen LogP contribution in [0.3, 0.4) is 0 Å². The fourth-order valence-electron chi connectivity index (χ4n) is 3.04. The zero-order valence-electron chi connectivity index (χ0n) is 14.5. The Balaban J connectivity index is 1.67. The third-order valence-corrected chi connectivity index (χ3v) is 4.56. The molecule has 0 saturated carbocycles. The summed E-state index contributed by atoms with van der Waals surface area (Å²) < 4.78 is 2.16. The van der Waals surface area contributed by atoms with E-state index in [0.717, 1.165) is 42.9 Å². The number of piperidine rings is 1. The van der Waals surface area contributed by atoms with Gasteiger partial charge in [-0.15, -0.1) is 0 Å². The van der Waals surface area contributed by atoms with Crippen molar-refractivity contribution in [2.24, 2.45) is 12.5 Å². The number of benzene rings is 1. The minimum Gasteiger partial charge on any atom is -0.353 e. The standard InChI is InChI=1S/C18H26N4O/c1-18(2,3)16(23)19-13-9-11-22(12-10-13)17-20-14-7-5-6-8-15(14)21(17)4/h5-8,13H,9-12H2,1-4H3,(H,19,23). The molecule has 0 aliphatic carbocycles. The van der Waals surface area contributed by atoms with Crippen molar-refractivity contribution in [2.45, 2.75) is 39.7 Å². The van der Waals surface area contributed by atoms with Gasteiger partial charge in [-0.25, -0.2) is 4.98 Å². The van der Waals surface area contributed by atoms with Crippen LogP contribution >= 0.6 is 0 Å². The average Bonchev–Trinajstić information content (AvgIpc) is 2.85. The van der Waals surface area contributed by atoms with Crippen LogP contribution in [-0.2, 0) is 11.8 Å². The van der Waals surface area contributed by atoms with Gasteiger partial charge in [-0.3, -0.25) is 4.79 Å². The van der Waals surface area contributed by atoms with E-state index in [2.05, 4.69) is 34.0 Å². The van der Waals surface area contributed by atoms with Gasteiger partial charge in [0.15, 0.2) is 0 Å². The maximum absolute atomic E-state index is 12.1. The summed E-state index contributed by atoms with van der Waals surface area (Å²) in [5.41, 5.74) is 1.87. The highest BCUT2D eigenvalue weighted by molar-refractivity contribution is 5.81. The number of carbonyl (C=O) groups is 1. The van der Waals surface area contributed by atoms with Gasteiger partial charge >= 0.3 is 0 Å². The number of imidazole rings is 1. The molecule has 1 amide bonds. The normalized spacial score (nSPS) is 16.8. The Labute approximate surface area is 137 Å². The van der Waals surface area contributed by atoms with E-state index in [0.29, 0.717) is 0 Å². The molecule has 5 heteroatoms. The number of rotatable bonds is 2. The Morgan fingerprint density at radius 2 is 1.87 bits per heavy atom. The number of fused-ring (bicyclic) bond motifs is 1. The number of nitrogens with zero attached hydrogens (tertiary/aromatic N) is 3. The van der Waals surface area contributed by atoms with Crippen molar-refractivity contribution in [3.05, 3.63) is 24.3 Å². The van der Waals surface area contributed by atoms with Crippen LogP contribution in [0.1, 0.15) is 33.6 Å². The molecule has 2 aromatic rings. The second kappa shape index (κ2) is 5.87. The van der Waals surface area contributed by atoms with Crippen LogP contribution in [0.2, 0.25) is 0 Å². The van der Waals surface area contributed by atoms with Crippen LogP contribution in [0.5, 0.6) is 0 Å². The molecule has 0 spiro atoms. The number of aromatic nitrogens is 2. The monoisotopic (exact) mass is 314 g/mol. The number of amides is 1. The largest absolute Gasteiger partial charge is 0.353 e. The molecular formula is C18H26N4O. The van der Waals surface area contributed by atoms with E-state index in [-0.39, 0.29) is 17.4 Å². The first-order valence-corrected chi connectivity index (χ1v) is 8.33. The van der Waals surface area contributed by atoms with E-state index in [1.165, 1.54) is 0 Å². The number of anilines is 1. The van der Waals surface area contributed by atoms with E-state index in [9.17, 15) is 4.79 Å². The molecule has 0 atom stereocenters. The van der Waals surface area contributed by atoms with Crippen LogP contribution in [0, 0.1) is 5.41 Å². The summed E-state index contributed by atoms with van der Waals surface area (Å²) in [6.07, 6.45) is 1.93. The molecule has 0 bridgehead atoms. The van der Waals surface area contributed by atoms with E-state index < -0.39 is 0 Å². The maximum atomic E-state index is 12.1. The first-order chi connectivity index (χ1) is 10.9. The number of hydrogen-bond donors (Lipinski definition) is 1. The number of aryl methyl sites for hydroxylation is 1. The molecular weight excluding hydrogens is 288 g/mol. The zero-order chi connectivity index (χ0) is 16.6. The Kier molecular flexibility index (Phi) is 4.04. The highest BCUT2D eigenvalue weighted by Gasteiger charge is 2.27. The fraction of sp³-hybridized carbons (Fsp3) is 0.556. The maximum Gasteiger partial charge on any atom is 0.225 e. The molecule has 1 fully saturated rings. The molecule has 0 unspecified atom stereocenters. The summed E-state index contributed by atoms with van der Waals surface area (Å²) in [6.45, 7) is 7.71. The van der Waals surface area contributed by atoms with Crippen molar-refractivity contribution >= 4 is 22.9 Å². The lowest BCUT2D eigenvalue weighted by molar-refractivity contribution is -0.129. The van der Waals surface area contributed by atoms with Crippen LogP contribution < -0.4 is 10.2 Å². The second-order valence-corrected chi connectivity index (χ2v) is 7.44. The van der Waals surface area contributed by atoms with Crippen molar-refractivity contribution in [1.29, 1.82) is 0 Å². The van der Waals surface area contributed by atoms with Gasteiger partial charge in [0.05, 0.1) is 11.0 Å². The molecule has 23 heavy (non-hydrogen) atoms. The van der Waals surface area contributed by atoms with E-state index in [4.69, 9.17) is 4.98 Å². The van der Waals surface area contributed by atoms with Crippen molar-refractivity contribution in [3.63, 3.8) is 0 Å². The summed E-state index contributed by atoms with van der Waals surface area (Å²) in [7, 11) is 2.07. The summed E-state index contributed by atoms with van der Waals surface area (Å²) in [5, 5.41) is 3.18. The molecule has 1 aromatic carbocycles. The molecule has 1 saturated heterocycles. The third kappa shape index (κ3) is 3.19. The molecule has 1 N–H and O–H groups in total. The number of nitrogens with one attached hydrogen (secondary N) is 1. The Bertz CT molecular complexity index is 705. The van der Waals surface area contributed by atoms with Crippen molar-refractivity contribution in [2.75, 3.05) is 18.0 Å². The van der Waals surface area contributed by atoms with Crippen molar-refractivity contribution in [1.82, 2.24) is 14.9 Å². The van der Waals surface area contributed by atoms with E-state index >= 15 is 0 Å². The smallest absolute Gasteiger partial charge is 0.225 e. The number of carbonyl (C=O) groups excluding carboxylic acids is 1. The Morgan fingerprint density at radius 1 is 1.22 bits per heavy atom. The van der Waals surface area contributed by atoms with Crippen molar-refractivity contribution in [3.8, 4) is 0 Å². The minimum atomic E-state index is -0.325. The highest BCUT2D eigenvalue weighted by Crippen LogP contribution is 2.24. The predicted molar refractivity (Wildman–Crippen MR) is 93.5 cm³/mol. The third-order valence-electron chi connectivity index (χ3n) is 4.56. The van der Waals surface area contributed by atoms with Gasteiger partial charge < -0.3 is 14.8 Å². The van der Waals surface area contributed by atoms with Gasteiger partial charge in [0.2, 0.25) is 11.9 Å². The molecule has 3 rings (SSSR count). The van der Waals surface area contributed by atoms with Crippen LogP contribution in [-0.4, -0.2) is 34.6 Å². The summed E-state index contributed by atoms with van der Waals surface area (Å²) in [5.74, 6) is 1.16. The van der Waals surface area contributed by atoms with Gasteiger partial charge in [-0.1, -0.05) is 32.9 Å². The first kappa shape index (κ1) is 15.8. The van der Waals surface area contributed by atoms with Gasteiger partial charge in [-0.2, -0.15) is 0 Å². The molecule has 2 heterocycles. The average molecular weight is 314 g/mol. The summed E-state index contributed by atoms with van der Waals surface area (Å²) >= 11 is 0. The Morgan fingerprint density at radius 3 is 2.48 bits per heavy atom. The highest BCUT2D eigenvalue weighted by atomic mass is 16.2. The van der Waals surface area contributed by atoms with Gasteiger partial charge in [0.25, 0.3) is 0 Å². The molecule has 1 aromatic heterocycles. The zero-order valence-corrected chi connectivity index (χ0v) is 14.5. The van der Waals surface area contributed by atoms with E-state index in [1.807, 2.05) is 32.9 Å². The SMILES string of the molecule is Cn1c(N2CCC(NC(=O)C(C)(C)C)CC2)nc2ccccc21. The van der Waals surface area contributed by atoms with Gasteiger partial charge in [0, 0.05) is 31.6 Å². The lowest BCUT2D eigenvalue weighted by Gasteiger charge is -2.34. The minimum absolute atomic E-state index is 0.138. The number of para-hydroxylation sites is 2.